The number of hydrogen-bond donors (Lipinski definition) is 0. The third-order valence-corrected chi connectivity index (χ3v) is 8.44. The van der Waals surface area contributed by atoms with Crippen LogP contribution in [0.2, 0.25) is 0 Å². The smallest absolute Gasteiger partial charge is 0.273 e. The quantitative estimate of drug-likeness (QED) is 0.237. The van der Waals surface area contributed by atoms with Crippen LogP contribution in [-0.2, 0) is 33.7 Å². The van der Waals surface area contributed by atoms with E-state index in [2.05, 4.69) is 27.7 Å². The van der Waals surface area contributed by atoms with Crippen LogP contribution in [0.4, 0.5) is 0 Å². The van der Waals surface area contributed by atoms with Crippen LogP contribution in [0.15, 0.2) is 60.7 Å². The van der Waals surface area contributed by atoms with Crippen LogP contribution in [0.3, 0.4) is 0 Å². The Kier molecular flexibility index (Phi) is 14.0. The molecule has 36 heavy (non-hydrogen) atoms. The summed E-state index contributed by atoms with van der Waals surface area (Å²) in [4.78, 5) is 0. The summed E-state index contributed by atoms with van der Waals surface area (Å²) < 4.78 is 29.1. The zero-order valence-corrected chi connectivity index (χ0v) is 24.4. The molecule has 0 bridgehead atoms. The Morgan fingerprint density at radius 1 is 0.750 bits per heavy atom. The number of ether oxygens (including phenoxy) is 2. The third-order valence-electron chi connectivity index (χ3n) is 6.19. The Morgan fingerprint density at radius 3 is 1.44 bits per heavy atom. The van der Waals surface area contributed by atoms with Gasteiger partial charge in [0.05, 0.1) is 26.3 Å². The fourth-order valence-electron chi connectivity index (χ4n) is 3.23. The maximum Gasteiger partial charge on any atom is 0.273 e. The van der Waals surface area contributed by atoms with E-state index in [0.717, 1.165) is 36.8 Å². The van der Waals surface area contributed by atoms with Gasteiger partial charge in [-0.05, 0) is 60.2 Å². The van der Waals surface area contributed by atoms with Crippen LogP contribution in [0.5, 0.6) is 0 Å². The van der Waals surface area contributed by atoms with Gasteiger partial charge in [0.1, 0.15) is 0 Å². The Balaban J connectivity index is 2.26. The highest BCUT2D eigenvalue weighted by molar-refractivity contribution is 7.87. The van der Waals surface area contributed by atoms with Gasteiger partial charge in [0.2, 0.25) is 11.2 Å². The summed E-state index contributed by atoms with van der Waals surface area (Å²) in [7, 11) is 0. The highest BCUT2D eigenvalue weighted by Crippen LogP contribution is 2.18. The Hall–Kier alpha value is -2.03. The van der Waals surface area contributed by atoms with E-state index in [9.17, 15) is 4.21 Å². The van der Waals surface area contributed by atoms with Crippen molar-refractivity contribution in [2.75, 3.05) is 13.2 Å². The van der Waals surface area contributed by atoms with Crippen molar-refractivity contribution < 1.29 is 13.7 Å². The van der Waals surface area contributed by atoms with Gasteiger partial charge in [-0.1, -0.05) is 101 Å². The maximum atomic E-state index is 14.1. The summed E-state index contributed by atoms with van der Waals surface area (Å²) in [5.41, 5.74) is 1.95. The molecule has 2 aromatic carbocycles. The predicted molar refractivity (Wildman–Crippen MR) is 157 cm³/mol. The van der Waals surface area contributed by atoms with Crippen molar-refractivity contribution in [2.45, 2.75) is 66.5 Å². The molecular formula is C28H40N2O3S3. The SMILES string of the molecule is CCC(C)CCOC(=S)N(Cc1ccccc1)S(=O)N(Cc1ccccc1)C(=S)OCCC(C)CC. The van der Waals surface area contributed by atoms with E-state index >= 15 is 0 Å². The monoisotopic (exact) mass is 548 g/mol. The molecule has 2 aromatic rings. The van der Waals surface area contributed by atoms with Gasteiger partial charge < -0.3 is 9.47 Å². The minimum atomic E-state index is -1.75. The van der Waals surface area contributed by atoms with Gasteiger partial charge in [0, 0.05) is 0 Å². The molecule has 198 valence electrons. The minimum Gasteiger partial charge on any atom is -0.470 e. The standard InChI is InChI=1S/C28H40N2O3S3/c1-5-23(3)17-19-32-27(34)29(21-25-13-9-7-10-14-25)36(31)30(22-26-15-11-8-12-16-26)28(35)33-20-18-24(4)6-2/h7-16,23-24H,5-6,17-22H2,1-4H3. The lowest BCUT2D eigenvalue weighted by Gasteiger charge is -2.31. The first kappa shape index (κ1) is 30.2. The number of rotatable bonds is 14. The van der Waals surface area contributed by atoms with Gasteiger partial charge in [-0.25, -0.2) is 12.8 Å². The second kappa shape index (κ2) is 16.7. The van der Waals surface area contributed by atoms with E-state index in [1.54, 1.807) is 8.61 Å². The van der Waals surface area contributed by atoms with E-state index in [0.29, 0.717) is 38.1 Å². The van der Waals surface area contributed by atoms with Gasteiger partial charge in [0.15, 0.2) is 0 Å². The second-order valence-corrected chi connectivity index (χ2v) is 11.1. The molecular weight excluding hydrogens is 509 g/mol. The molecule has 2 rings (SSSR count). The first-order valence-electron chi connectivity index (χ1n) is 12.7. The topological polar surface area (TPSA) is 42.0 Å². The Bertz CT molecular complexity index is 868. The highest BCUT2D eigenvalue weighted by atomic mass is 32.2. The molecule has 8 heteroatoms. The Morgan fingerprint density at radius 2 is 1.11 bits per heavy atom. The molecule has 0 aliphatic heterocycles. The summed E-state index contributed by atoms with van der Waals surface area (Å²) in [5.74, 6) is 1.06. The zero-order valence-electron chi connectivity index (χ0n) is 21.9. The summed E-state index contributed by atoms with van der Waals surface area (Å²) >= 11 is 9.54. The molecule has 0 aliphatic carbocycles. The van der Waals surface area contributed by atoms with Crippen LogP contribution in [-0.4, -0.2) is 36.4 Å². The lowest BCUT2D eigenvalue weighted by atomic mass is 10.1. The minimum absolute atomic E-state index is 0.195. The van der Waals surface area contributed by atoms with E-state index in [4.69, 9.17) is 33.9 Å². The average Bonchev–Trinajstić information content (AvgIpc) is 2.90. The lowest BCUT2D eigenvalue weighted by molar-refractivity contribution is 0.239. The summed E-state index contributed by atoms with van der Waals surface area (Å²) in [6.07, 6.45) is 3.91. The second-order valence-electron chi connectivity index (χ2n) is 9.11. The summed E-state index contributed by atoms with van der Waals surface area (Å²) in [6.45, 7) is 10.3. The molecule has 0 radical (unpaired) electrons. The molecule has 5 nitrogen and oxygen atoms in total. The number of benzene rings is 2. The largest absolute Gasteiger partial charge is 0.470 e. The van der Waals surface area contributed by atoms with Crippen molar-refractivity contribution in [3.63, 3.8) is 0 Å². The molecule has 0 aliphatic rings. The van der Waals surface area contributed by atoms with Gasteiger partial charge in [0.25, 0.3) is 10.3 Å². The molecule has 0 aromatic heterocycles. The highest BCUT2D eigenvalue weighted by Gasteiger charge is 2.28. The summed E-state index contributed by atoms with van der Waals surface area (Å²) in [6, 6.07) is 19.6. The molecule has 0 amide bonds. The normalized spacial score (nSPS) is 13.3. The van der Waals surface area contributed by atoms with Crippen molar-refractivity contribution in [2.24, 2.45) is 11.8 Å². The number of thiocarbonyl (C=S) groups is 2. The third kappa shape index (κ3) is 10.5. The predicted octanol–water partition coefficient (Wildman–Crippen LogP) is 7.04. The van der Waals surface area contributed by atoms with E-state index in [-0.39, 0.29) is 10.3 Å². The van der Waals surface area contributed by atoms with Gasteiger partial charge in [-0.15, -0.1) is 0 Å². The van der Waals surface area contributed by atoms with Gasteiger partial charge >= 0.3 is 0 Å². The molecule has 2 atom stereocenters. The maximum absolute atomic E-state index is 14.1. The van der Waals surface area contributed by atoms with Crippen molar-refractivity contribution in [3.05, 3.63) is 71.8 Å². The van der Waals surface area contributed by atoms with Crippen LogP contribution < -0.4 is 0 Å². The van der Waals surface area contributed by atoms with Crippen LogP contribution in [0.25, 0.3) is 0 Å². The zero-order chi connectivity index (χ0) is 26.3. The number of nitrogens with zero attached hydrogens (tertiary/aromatic N) is 2. The molecule has 0 heterocycles. The molecule has 0 saturated carbocycles. The van der Waals surface area contributed by atoms with Crippen LogP contribution >= 0.6 is 24.4 Å². The van der Waals surface area contributed by atoms with E-state index in [1.165, 1.54) is 0 Å². The Labute approximate surface area is 230 Å². The van der Waals surface area contributed by atoms with Crippen LogP contribution in [0, 0.1) is 11.8 Å². The summed E-state index contributed by atoms with van der Waals surface area (Å²) in [5, 5.41) is 0.391. The lowest BCUT2D eigenvalue weighted by Crippen LogP contribution is -2.44. The molecule has 0 N–H and O–H groups in total. The van der Waals surface area contributed by atoms with E-state index < -0.39 is 11.2 Å². The van der Waals surface area contributed by atoms with Crippen LogP contribution in [0.1, 0.15) is 64.5 Å². The molecule has 0 fully saturated rings. The van der Waals surface area contributed by atoms with E-state index in [1.807, 2.05) is 60.7 Å². The molecule has 0 saturated heterocycles. The first-order chi connectivity index (χ1) is 17.3. The van der Waals surface area contributed by atoms with Crippen molar-refractivity contribution in [3.8, 4) is 0 Å². The fraction of sp³-hybridized carbons (Fsp3) is 0.500. The molecule has 0 spiro atoms. The van der Waals surface area contributed by atoms with Crippen molar-refractivity contribution >= 4 is 46.0 Å². The molecule has 2 unspecified atom stereocenters. The van der Waals surface area contributed by atoms with Crippen molar-refractivity contribution in [1.82, 2.24) is 8.61 Å². The van der Waals surface area contributed by atoms with Gasteiger partial charge in [-0.3, -0.25) is 0 Å². The average molecular weight is 549 g/mol. The fourth-order valence-corrected chi connectivity index (χ4v) is 5.03. The van der Waals surface area contributed by atoms with Gasteiger partial charge in [-0.2, -0.15) is 0 Å². The first-order valence-corrected chi connectivity index (χ1v) is 14.6. The van der Waals surface area contributed by atoms with Crippen molar-refractivity contribution in [1.29, 1.82) is 0 Å². The number of hydrogen-bond acceptors (Lipinski definition) is 5.